The maximum atomic E-state index is 10.9. The second kappa shape index (κ2) is 5.50. The molecule has 26 heavy (non-hydrogen) atoms. The molecule has 3 aromatic heterocycles. The quantitative estimate of drug-likeness (QED) is 0.354. The zero-order valence-electron chi connectivity index (χ0n) is 13.3. The number of benzene rings is 2. The van der Waals surface area contributed by atoms with Crippen molar-refractivity contribution in [1.29, 1.82) is 0 Å². The van der Waals surface area contributed by atoms with Gasteiger partial charge in [0, 0.05) is 12.1 Å². The first-order chi connectivity index (χ1) is 12.7. The molecule has 0 amide bonds. The van der Waals surface area contributed by atoms with Crippen LogP contribution in [-0.4, -0.2) is 24.1 Å². The first kappa shape index (κ1) is 14.8. The Morgan fingerprint density at radius 1 is 1.00 bits per heavy atom. The Labute approximate surface area is 150 Å². The molecule has 0 atom stereocenters. The average Bonchev–Trinajstić information content (AvgIpc) is 3.37. The van der Waals surface area contributed by atoms with Crippen LogP contribution in [0.25, 0.3) is 33.2 Å². The van der Waals surface area contributed by atoms with Gasteiger partial charge in [0.05, 0.1) is 26.5 Å². The van der Waals surface area contributed by atoms with Gasteiger partial charge in [-0.3, -0.25) is 14.5 Å². The predicted molar refractivity (Wildman–Crippen MR) is 99.8 cm³/mol. The Morgan fingerprint density at radius 3 is 2.54 bits per heavy atom. The van der Waals surface area contributed by atoms with Gasteiger partial charge in [-0.2, -0.15) is 4.68 Å². The van der Waals surface area contributed by atoms with E-state index in [1.807, 2.05) is 46.2 Å². The summed E-state index contributed by atoms with van der Waals surface area (Å²) in [5.74, 6) is 1.46. The van der Waals surface area contributed by atoms with Crippen LogP contribution in [0.4, 0.5) is 5.69 Å². The van der Waals surface area contributed by atoms with Gasteiger partial charge in [0.2, 0.25) is 5.78 Å². The Balaban J connectivity index is 1.81. The molecule has 0 aliphatic carbocycles. The summed E-state index contributed by atoms with van der Waals surface area (Å²) in [6, 6.07) is 18.2. The van der Waals surface area contributed by atoms with Gasteiger partial charge in [-0.05, 0) is 35.7 Å². The van der Waals surface area contributed by atoms with Crippen LogP contribution in [0.5, 0.6) is 0 Å². The molecule has 0 radical (unpaired) electrons. The molecule has 126 valence electrons. The molecule has 0 saturated carbocycles. The van der Waals surface area contributed by atoms with Crippen molar-refractivity contribution in [2.24, 2.45) is 0 Å². The number of imidazole rings is 1. The molecule has 5 aromatic rings. The van der Waals surface area contributed by atoms with E-state index in [-0.39, 0.29) is 5.69 Å². The molecule has 0 aliphatic heterocycles. The minimum absolute atomic E-state index is 0.0453. The van der Waals surface area contributed by atoms with Gasteiger partial charge in [0.25, 0.3) is 5.69 Å². The molecule has 0 saturated heterocycles. The van der Waals surface area contributed by atoms with Crippen molar-refractivity contribution >= 4 is 33.8 Å². The van der Waals surface area contributed by atoms with E-state index in [9.17, 15) is 10.1 Å². The molecule has 8 heteroatoms. The highest BCUT2D eigenvalue weighted by atomic mass is 32.1. The summed E-state index contributed by atoms with van der Waals surface area (Å²) in [6.45, 7) is 0. The van der Waals surface area contributed by atoms with Gasteiger partial charge < -0.3 is 0 Å². The fraction of sp³-hybridized carbons (Fsp3) is 0. The molecular weight excluding hydrogens is 350 g/mol. The number of nitro groups is 1. The number of fused-ring (bicyclic) bond motifs is 3. The Morgan fingerprint density at radius 2 is 1.81 bits per heavy atom. The van der Waals surface area contributed by atoms with Crippen LogP contribution in [0.15, 0.2) is 66.0 Å². The maximum absolute atomic E-state index is 10.9. The van der Waals surface area contributed by atoms with E-state index in [1.54, 1.807) is 28.2 Å². The van der Waals surface area contributed by atoms with Crippen molar-refractivity contribution in [2.75, 3.05) is 0 Å². The van der Waals surface area contributed by atoms with Gasteiger partial charge in [-0.15, -0.1) is 16.4 Å². The van der Waals surface area contributed by atoms with E-state index in [1.165, 1.54) is 12.1 Å². The Hall–Kier alpha value is -3.52. The van der Waals surface area contributed by atoms with E-state index in [0.29, 0.717) is 5.78 Å². The first-order valence-corrected chi connectivity index (χ1v) is 8.75. The fourth-order valence-corrected chi connectivity index (χ4v) is 3.70. The van der Waals surface area contributed by atoms with Crippen LogP contribution >= 0.6 is 11.3 Å². The fourth-order valence-electron chi connectivity index (χ4n) is 3.00. The zero-order chi connectivity index (χ0) is 17.7. The van der Waals surface area contributed by atoms with E-state index in [4.69, 9.17) is 10.1 Å². The van der Waals surface area contributed by atoms with Crippen LogP contribution in [0.1, 0.15) is 0 Å². The van der Waals surface area contributed by atoms with Crippen LogP contribution in [0.2, 0.25) is 0 Å². The number of aromatic nitrogens is 4. The Kier molecular flexibility index (Phi) is 3.13. The van der Waals surface area contributed by atoms with Crippen molar-refractivity contribution in [1.82, 2.24) is 19.2 Å². The second-order valence-corrected chi connectivity index (χ2v) is 6.67. The predicted octanol–water partition coefficient (Wildman–Crippen LogP) is 4.31. The van der Waals surface area contributed by atoms with Crippen molar-refractivity contribution < 1.29 is 4.92 Å². The highest BCUT2D eigenvalue weighted by Gasteiger charge is 2.19. The smallest absolute Gasteiger partial charge is 0.258 e. The lowest BCUT2D eigenvalue weighted by molar-refractivity contribution is -0.384. The second-order valence-electron chi connectivity index (χ2n) is 5.72. The third-order valence-corrected chi connectivity index (χ3v) is 5.05. The molecule has 0 spiro atoms. The molecule has 5 rings (SSSR count). The molecule has 2 aromatic carbocycles. The lowest BCUT2D eigenvalue weighted by Gasteiger charge is -2.00. The summed E-state index contributed by atoms with van der Waals surface area (Å²) in [5, 5.41) is 17.7. The number of thiophene rings is 1. The topological polar surface area (TPSA) is 78.3 Å². The Bertz CT molecular complexity index is 1250. The van der Waals surface area contributed by atoms with Gasteiger partial charge in [-0.1, -0.05) is 18.2 Å². The van der Waals surface area contributed by atoms with Gasteiger partial charge >= 0.3 is 0 Å². The van der Waals surface area contributed by atoms with Crippen LogP contribution in [0, 0.1) is 10.1 Å². The highest BCUT2D eigenvalue weighted by Crippen LogP contribution is 2.29. The standard InChI is InChI=1S/C18H11N5O2S/c24-23(25)13-9-7-12(8-10-13)22-18-19-14-4-1-2-5-15(14)21(18)17(20-22)16-6-3-11-26-16/h1-11H. The van der Waals surface area contributed by atoms with Crippen molar-refractivity contribution in [2.45, 2.75) is 0 Å². The van der Waals surface area contributed by atoms with Gasteiger partial charge in [0.1, 0.15) is 0 Å². The highest BCUT2D eigenvalue weighted by molar-refractivity contribution is 7.13. The summed E-state index contributed by atoms with van der Waals surface area (Å²) in [4.78, 5) is 16.2. The van der Waals surface area contributed by atoms with E-state index < -0.39 is 4.92 Å². The number of nitro benzene ring substituents is 1. The lowest BCUT2D eigenvalue weighted by Crippen LogP contribution is -1.98. The largest absolute Gasteiger partial charge is 0.269 e. The van der Waals surface area contributed by atoms with Crippen LogP contribution < -0.4 is 0 Å². The molecular formula is C18H11N5O2S. The third-order valence-electron chi connectivity index (χ3n) is 4.19. The van der Waals surface area contributed by atoms with Gasteiger partial charge in [-0.25, -0.2) is 4.98 Å². The molecule has 0 aliphatic rings. The third kappa shape index (κ3) is 2.12. The van der Waals surface area contributed by atoms with Gasteiger partial charge in [0.15, 0.2) is 5.82 Å². The first-order valence-electron chi connectivity index (χ1n) is 7.87. The number of para-hydroxylation sites is 2. The number of hydrogen-bond acceptors (Lipinski definition) is 5. The number of non-ortho nitro benzene ring substituents is 1. The van der Waals surface area contributed by atoms with Crippen molar-refractivity contribution in [3.8, 4) is 16.4 Å². The summed E-state index contributed by atoms with van der Waals surface area (Å²) >= 11 is 1.60. The average molecular weight is 361 g/mol. The number of hydrogen-bond donors (Lipinski definition) is 0. The normalized spacial score (nSPS) is 11.4. The van der Waals surface area contributed by atoms with Crippen molar-refractivity contribution in [3.05, 3.63) is 76.2 Å². The molecule has 0 N–H and O–H groups in total. The zero-order valence-corrected chi connectivity index (χ0v) is 14.1. The monoisotopic (exact) mass is 361 g/mol. The molecule has 3 heterocycles. The van der Waals surface area contributed by atoms with E-state index in [0.717, 1.165) is 27.4 Å². The lowest BCUT2D eigenvalue weighted by atomic mass is 10.3. The van der Waals surface area contributed by atoms with Crippen LogP contribution in [-0.2, 0) is 0 Å². The summed E-state index contributed by atoms with van der Waals surface area (Å²) in [6.07, 6.45) is 0. The van der Waals surface area contributed by atoms with Crippen molar-refractivity contribution in [3.63, 3.8) is 0 Å². The number of nitrogens with zero attached hydrogens (tertiary/aromatic N) is 5. The molecule has 0 unspecified atom stereocenters. The van der Waals surface area contributed by atoms with Crippen LogP contribution in [0.3, 0.4) is 0 Å². The maximum Gasteiger partial charge on any atom is 0.269 e. The summed E-state index contributed by atoms with van der Waals surface area (Å²) < 4.78 is 3.74. The minimum atomic E-state index is -0.413. The minimum Gasteiger partial charge on any atom is -0.258 e. The molecule has 0 fully saturated rings. The van der Waals surface area contributed by atoms with E-state index in [2.05, 4.69) is 0 Å². The molecule has 0 bridgehead atoms. The summed E-state index contributed by atoms with van der Waals surface area (Å²) in [7, 11) is 0. The number of rotatable bonds is 3. The molecule has 7 nitrogen and oxygen atoms in total. The van der Waals surface area contributed by atoms with E-state index >= 15 is 0 Å². The summed E-state index contributed by atoms with van der Waals surface area (Å²) in [5.41, 5.74) is 2.61. The SMILES string of the molecule is O=[N+]([O-])c1ccc(-n2nc(-c3cccs3)n3c4ccccc4nc23)cc1.